The molecule has 1 amide bonds. The summed E-state index contributed by atoms with van der Waals surface area (Å²) in [7, 11) is -4.04. The SMILES string of the molecule is Cc1cc(C(C)Nc2ccc(F)c(F)c2C(=O)NS(C)(=O)=O)c2oc(-c3ccccc3)c(C)c(=O)c2c1. The van der Waals surface area contributed by atoms with Gasteiger partial charge in [0.15, 0.2) is 17.1 Å². The van der Waals surface area contributed by atoms with Gasteiger partial charge in [0.25, 0.3) is 5.91 Å². The maximum atomic E-state index is 14.7. The molecule has 4 aromatic rings. The van der Waals surface area contributed by atoms with E-state index >= 15 is 0 Å². The van der Waals surface area contributed by atoms with Crippen LogP contribution in [-0.4, -0.2) is 20.6 Å². The second kappa shape index (κ2) is 9.78. The molecule has 0 bridgehead atoms. The fraction of sp³-hybridized carbons (Fsp3) is 0.185. The molecule has 2 N–H and O–H groups in total. The zero-order valence-corrected chi connectivity index (χ0v) is 21.3. The van der Waals surface area contributed by atoms with Crippen LogP contribution in [0.4, 0.5) is 14.5 Å². The molecule has 0 spiro atoms. The van der Waals surface area contributed by atoms with Crippen LogP contribution < -0.4 is 15.5 Å². The Labute approximate surface area is 212 Å². The van der Waals surface area contributed by atoms with Crippen molar-refractivity contribution in [3.8, 4) is 11.3 Å². The van der Waals surface area contributed by atoms with Crippen molar-refractivity contribution in [3.63, 3.8) is 0 Å². The third-order valence-corrected chi connectivity index (χ3v) is 6.42. The summed E-state index contributed by atoms with van der Waals surface area (Å²) in [5, 5.41) is 3.30. The summed E-state index contributed by atoms with van der Waals surface area (Å²) >= 11 is 0. The topological polar surface area (TPSA) is 105 Å². The third kappa shape index (κ3) is 5.24. The first-order valence-electron chi connectivity index (χ1n) is 11.3. The molecule has 0 aliphatic rings. The number of anilines is 1. The molecule has 1 aromatic heterocycles. The van der Waals surface area contributed by atoms with Crippen LogP contribution in [0.1, 0.15) is 40.0 Å². The van der Waals surface area contributed by atoms with Crippen molar-refractivity contribution in [1.29, 1.82) is 0 Å². The number of nitrogens with one attached hydrogen (secondary N) is 2. The third-order valence-electron chi connectivity index (χ3n) is 5.87. The first-order valence-corrected chi connectivity index (χ1v) is 13.2. The van der Waals surface area contributed by atoms with Gasteiger partial charge in [-0.3, -0.25) is 9.59 Å². The highest BCUT2D eigenvalue weighted by molar-refractivity contribution is 7.89. The lowest BCUT2D eigenvalue weighted by Crippen LogP contribution is -2.31. The number of fused-ring (bicyclic) bond motifs is 1. The summed E-state index contributed by atoms with van der Waals surface area (Å²) in [4.78, 5) is 25.8. The molecule has 0 aliphatic carbocycles. The number of benzene rings is 3. The Balaban J connectivity index is 1.86. The molecule has 0 saturated heterocycles. The molecule has 0 aliphatic heterocycles. The zero-order chi connectivity index (χ0) is 27.1. The maximum Gasteiger partial charge on any atom is 0.269 e. The summed E-state index contributed by atoms with van der Waals surface area (Å²) in [6, 6.07) is 13.9. The highest BCUT2D eigenvalue weighted by Gasteiger charge is 2.25. The van der Waals surface area contributed by atoms with Crippen LogP contribution >= 0.6 is 0 Å². The van der Waals surface area contributed by atoms with Gasteiger partial charge in [-0.05, 0) is 44.5 Å². The predicted octanol–water partition coefficient (Wildman–Crippen LogP) is 5.22. The minimum Gasteiger partial charge on any atom is -0.455 e. The largest absolute Gasteiger partial charge is 0.455 e. The van der Waals surface area contributed by atoms with Crippen molar-refractivity contribution in [3.05, 3.63) is 98.7 Å². The summed E-state index contributed by atoms with van der Waals surface area (Å²) < 4.78 is 59.7. The van der Waals surface area contributed by atoms with Crippen molar-refractivity contribution in [2.24, 2.45) is 0 Å². The molecule has 0 radical (unpaired) electrons. The van der Waals surface area contributed by atoms with Gasteiger partial charge in [-0.15, -0.1) is 0 Å². The molecule has 10 heteroatoms. The van der Waals surface area contributed by atoms with Crippen LogP contribution in [0.3, 0.4) is 0 Å². The first-order chi connectivity index (χ1) is 17.4. The van der Waals surface area contributed by atoms with Crippen LogP contribution in [0.5, 0.6) is 0 Å². The van der Waals surface area contributed by atoms with E-state index in [0.29, 0.717) is 33.4 Å². The van der Waals surface area contributed by atoms with Crippen molar-refractivity contribution in [1.82, 2.24) is 4.72 Å². The van der Waals surface area contributed by atoms with Crippen LogP contribution in [0.25, 0.3) is 22.3 Å². The summed E-state index contributed by atoms with van der Waals surface area (Å²) in [6.07, 6.45) is 0.727. The van der Waals surface area contributed by atoms with Crippen molar-refractivity contribution >= 4 is 32.6 Å². The van der Waals surface area contributed by atoms with Crippen LogP contribution in [0, 0.1) is 25.5 Å². The second-order valence-electron chi connectivity index (χ2n) is 8.84. The Morgan fingerprint density at radius 2 is 1.70 bits per heavy atom. The average Bonchev–Trinajstić information content (AvgIpc) is 2.83. The Kier molecular flexibility index (Phi) is 6.88. The molecule has 4 rings (SSSR count). The molecule has 1 heterocycles. The number of rotatable bonds is 6. The van der Waals surface area contributed by atoms with Gasteiger partial charge in [0.2, 0.25) is 10.0 Å². The molecule has 1 atom stereocenters. The number of halogens is 2. The first kappa shape index (κ1) is 26.0. The van der Waals surface area contributed by atoms with Gasteiger partial charge in [0.05, 0.1) is 23.4 Å². The lowest BCUT2D eigenvalue weighted by atomic mass is 9.98. The highest BCUT2D eigenvalue weighted by atomic mass is 32.2. The van der Waals surface area contributed by atoms with E-state index in [2.05, 4.69) is 5.32 Å². The van der Waals surface area contributed by atoms with Gasteiger partial charge >= 0.3 is 0 Å². The number of hydrogen-bond acceptors (Lipinski definition) is 6. The molecule has 0 fully saturated rings. The smallest absolute Gasteiger partial charge is 0.269 e. The minimum absolute atomic E-state index is 0.139. The van der Waals surface area contributed by atoms with Crippen LogP contribution in [0.15, 0.2) is 63.8 Å². The van der Waals surface area contributed by atoms with E-state index in [9.17, 15) is 26.8 Å². The molecular weight excluding hydrogens is 502 g/mol. The van der Waals surface area contributed by atoms with Crippen molar-refractivity contribution < 1.29 is 26.4 Å². The van der Waals surface area contributed by atoms with Crippen molar-refractivity contribution in [2.45, 2.75) is 26.8 Å². The Bertz CT molecular complexity index is 1700. The molecule has 37 heavy (non-hydrogen) atoms. The summed E-state index contributed by atoms with van der Waals surface area (Å²) in [5.41, 5.74) is 1.60. The van der Waals surface area contributed by atoms with Gasteiger partial charge in [-0.25, -0.2) is 21.9 Å². The fourth-order valence-electron chi connectivity index (χ4n) is 4.18. The Morgan fingerprint density at radius 3 is 2.35 bits per heavy atom. The predicted molar refractivity (Wildman–Crippen MR) is 138 cm³/mol. The number of sulfonamides is 1. The summed E-state index contributed by atoms with van der Waals surface area (Å²) in [5.74, 6) is -3.74. The van der Waals surface area contributed by atoms with E-state index in [-0.39, 0.29) is 11.1 Å². The number of amides is 1. The lowest BCUT2D eigenvalue weighted by Gasteiger charge is -2.21. The van der Waals surface area contributed by atoms with E-state index < -0.39 is 39.2 Å². The van der Waals surface area contributed by atoms with E-state index in [4.69, 9.17) is 4.42 Å². The van der Waals surface area contributed by atoms with E-state index in [0.717, 1.165) is 24.0 Å². The Hall–Kier alpha value is -4.05. The molecule has 1 unspecified atom stereocenters. The molecule has 0 saturated carbocycles. The van der Waals surface area contributed by atoms with Gasteiger partial charge in [-0.1, -0.05) is 36.4 Å². The number of aryl methyl sites for hydroxylation is 1. The van der Waals surface area contributed by atoms with Crippen LogP contribution in [-0.2, 0) is 10.0 Å². The quantitative estimate of drug-likeness (QED) is 0.357. The van der Waals surface area contributed by atoms with Gasteiger partial charge in [0, 0.05) is 16.7 Å². The van der Waals surface area contributed by atoms with E-state index in [1.54, 1.807) is 37.6 Å². The van der Waals surface area contributed by atoms with Crippen molar-refractivity contribution in [2.75, 3.05) is 11.6 Å². The summed E-state index contributed by atoms with van der Waals surface area (Å²) in [6.45, 7) is 5.18. The monoisotopic (exact) mass is 526 g/mol. The number of hydrogen-bond donors (Lipinski definition) is 2. The Morgan fingerprint density at radius 1 is 1.03 bits per heavy atom. The van der Waals surface area contributed by atoms with E-state index in [1.807, 2.05) is 30.3 Å². The molecule has 7 nitrogen and oxygen atoms in total. The van der Waals surface area contributed by atoms with Gasteiger partial charge in [0.1, 0.15) is 16.9 Å². The average molecular weight is 527 g/mol. The van der Waals surface area contributed by atoms with Crippen LogP contribution in [0.2, 0.25) is 0 Å². The highest BCUT2D eigenvalue weighted by Crippen LogP contribution is 2.33. The van der Waals surface area contributed by atoms with Gasteiger partial charge in [-0.2, -0.15) is 0 Å². The fourth-order valence-corrected chi connectivity index (χ4v) is 4.62. The number of carbonyl (C=O) groups excluding carboxylic acids is 1. The lowest BCUT2D eigenvalue weighted by molar-refractivity contribution is 0.0977. The minimum atomic E-state index is -4.04. The second-order valence-corrected chi connectivity index (χ2v) is 10.6. The van der Waals surface area contributed by atoms with Gasteiger partial charge < -0.3 is 9.73 Å². The zero-order valence-electron chi connectivity index (χ0n) is 20.5. The molecule has 3 aromatic carbocycles. The molecule has 192 valence electrons. The maximum absolute atomic E-state index is 14.7. The van der Waals surface area contributed by atoms with E-state index in [1.165, 1.54) is 0 Å². The number of carbonyl (C=O) groups is 1. The normalized spacial score (nSPS) is 12.4. The molecular formula is C27H24F2N2O5S. The standard InChI is InChI=1S/C27H24F2N2O5S/c1-14-12-18(26-19(13-14)24(32)15(2)25(36-26)17-8-6-5-7-9-17)16(3)30-21-11-10-20(28)23(29)22(21)27(33)31-37(4,34)35/h5-13,16,30H,1-4H3,(H,31,33).